The Morgan fingerprint density at radius 1 is 1.46 bits per heavy atom. The van der Waals surface area contributed by atoms with Crippen LogP contribution in [-0.2, 0) is 18.4 Å². The van der Waals surface area contributed by atoms with E-state index in [0.717, 1.165) is 32.0 Å². The number of aliphatic imine (C=N–C) groups is 1. The molecule has 6 nitrogen and oxygen atoms in total. The molecule has 2 rings (SSSR count). The maximum Gasteiger partial charge on any atom is 0.225 e. The van der Waals surface area contributed by atoms with Crippen molar-refractivity contribution in [2.24, 2.45) is 18.0 Å². The summed E-state index contributed by atoms with van der Waals surface area (Å²) in [7, 11) is 2.01. The van der Waals surface area contributed by atoms with Crippen LogP contribution in [0.2, 0.25) is 0 Å². The van der Waals surface area contributed by atoms with Gasteiger partial charge in [0.05, 0.1) is 6.54 Å². The summed E-state index contributed by atoms with van der Waals surface area (Å²) in [5.41, 5.74) is 1.19. The third-order valence-corrected chi connectivity index (χ3v) is 3.99. The van der Waals surface area contributed by atoms with E-state index in [2.05, 4.69) is 34.8 Å². The summed E-state index contributed by atoms with van der Waals surface area (Å²) in [6, 6.07) is 2.34. The molecular formula is C17H30IN5O. The lowest BCUT2D eigenvalue weighted by Gasteiger charge is -2.20. The molecule has 2 N–H and O–H groups in total. The van der Waals surface area contributed by atoms with Gasteiger partial charge in [-0.25, -0.2) is 4.99 Å². The summed E-state index contributed by atoms with van der Waals surface area (Å²) in [5.74, 6) is 1.12. The van der Waals surface area contributed by atoms with E-state index in [1.807, 2.05) is 36.6 Å². The van der Waals surface area contributed by atoms with E-state index in [9.17, 15) is 4.79 Å². The normalized spacial score (nSPS) is 17.8. The second kappa shape index (κ2) is 9.90. The molecule has 1 atom stereocenters. The number of nitrogens with one attached hydrogen (secondary N) is 2. The number of halogens is 1. The van der Waals surface area contributed by atoms with Gasteiger partial charge < -0.3 is 20.1 Å². The fraction of sp³-hybridized carbons (Fsp3) is 0.647. The Bertz CT molecular complexity index is 555. The van der Waals surface area contributed by atoms with Crippen molar-refractivity contribution in [2.75, 3.05) is 19.6 Å². The predicted molar refractivity (Wildman–Crippen MR) is 109 cm³/mol. The Hall–Kier alpha value is -1.25. The molecule has 1 aliphatic heterocycles. The molecule has 1 saturated heterocycles. The van der Waals surface area contributed by atoms with Crippen molar-refractivity contribution >= 4 is 35.8 Å². The minimum absolute atomic E-state index is 0. The maximum atomic E-state index is 12.1. The molecular weight excluding hydrogens is 417 g/mol. The average molecular weight is 447 g/mol. The van der Waals surface area contributed by atoms with Crippen LogP contribution >= 0.6 is 24.0 Å². The molecule has 24 heavy (non-hydrogen) atoms. The molecule has 2 heterocycles. The first-order valence-electron chi connectivity index (χ1n) is 8.44. The van der Waals surface area contributed by atoms with Crippen LogP contribution < -0.4 is 10.6 Å². The third-order valence-electron chi connectivity index (χ3n) is 3.99. The maximum absolute atomic E-state index is 12.1. The van der Waals surface area contributed by atoms with Crippen LogP contribution in [0.4, 0.5) is 0 Å². The quantitative estimate of drug-likeness (QED) is 0.412. The van der Waals surface area contributed by atoms with Crippen LogP contribution in [0.15, 0.2) is 23.5 Å². The van der Waals surface area contributed by atoms with Crippen molar-refractivity contribution in [2.45, 2.75) is 39.8 Å². The van der Waals surface area contributed by atoms with E-state index in [4.69, 9.17) is 0 Å². The minimum atomic E-state index is 0. The lowest BCUT2D eigenvalue weighted by atomic mass is 10.2. The van der Waals surface area contributed by atoms with Crippen LogP contribution in [0.1, 0.15) is 32.8 Å². The van der Waals surface area contributed by atoms with Gasteiger partial charge in [-0.2, -0.15) is 0 Å². The van der Waals surface area contributed by atoms with Crippen molar-refractivity contribution in [1.82, 2.24) is 20.1 Å². The lowest BCUT2D eigenvalue weighted by molar-refractivity contribution is -0.133. The van der Waals surface area contributed by atoms with Gasteiger partial charge in [-0.1, -0.05) is 13.8 Å². The molecule has 0 saturated carbocycles. The highest BCUT2D eigenvalue weighted by Crippen LogP contribution is 2.12. The number of hydrogen-bond acceptors (Lipinski definition) is 2. The first-order chi connectivity index (χ1) is 11.0. The van der Waals surface area contributed by atoms with Crippen molar-refractivity contribution in [1.29, 1.82) is 0 Å². The summed E-state index contributed by atoms with van der Waals surface area (Å²) in [6.45, 7) is 9.02. The van der Waals surface area contributed by atoms with Gasteiger partial charge in [0.25, 0.3) is 0 Å². The standard InChI is InChI=1S/C17H29N5O.HI/c1-5-18-17(19-10-14-6-8-21(4)11-14)20-15-7-9-22(12-15)16(23)13(2)3;/h6,8,11,13,15H,5,7,9-10,12H2,1-4H3,(H2,18,19,20);1H. The Kier molecular flexibility index (Phi) is 8.58. The van der Waals surface area contributed by atoms with Crippen molar-refractivity contribution in [3.63, 3.8) is 0 Å². The first-order valence-corrected chi connectivity index (χ1v) is 8.44. The van der Waals surface area contributed by atoms with Gasteiger partial charge in [0.1, 0.15) is 0 Å². The van der Waals surface area contributed by atoms with E-state index in [-0.39, 0.29) is 41.8 Å². The highest BCUT2D eigenvalue weighted by molar-refractivity contribution is 14.0. The second-order valence-electron chi connectivity index (χ2n) is 6.45. The van der Waals surface area contributed by atoms with Gasteiger partial charge >= 0.3 is 0 Å². The van der Waals surface area contributed by atoms with Gasteiger partial charge in [-0.3, -0.25) is 4.79 Å². The molecule has 0 spiro atoms. The SMILES string of the molecule is CCNC(=NCc1ccn(C)c1)NC1CCN(C(=O)C(C)C)C1.I. The van der Waals surface area contributed by atoms with E-state index in [1.165, 1.54) is 5.56 Å². The minimum Gasteiger partial charge on any atom is -0.357 e. The van der Waals surface area contributed by atoms with Crippen molar-refractivity contribution in [3.05, 3.63) is 24.0 Å². The molecule has 1 fully saturated rings. The Balaban J connectivity index is 0.00000288. The Morgan fingerprint density at radius 3 is 2.79 bits per heavy atom. The molecule has 0 bridgehead atoms. The summed E-state index contributed by atoms with van der Waals surface area (Å²) in [4.78, 5) is 18.7. The van der Waals surface area contributed by atoms with Crippen LogP contribution in [0.5, 0.6) is 0 Å². The number of likely N-dealkylation sites (tertiary alicyclic amines) is 1. The van der Waals surface area contributed by atoms with Gasteiger partial charge in [0.15, 0.2) is 5.96 Å². The summed E-state index contributed by atoms with van der Waals surface area (Å²) < 4.78 is 2.03. The highest BCUT2D eigenvalue weighted by atomic mass is 127. The molecule has 0 aromatic carbocycles. The number of nitrogens with zero attached hydrogens (tertiary/aromatic N) is 3. The van der Waals surface area contributed by atoms with Crippen LogP contribution in [0.25, 0.3) is 0 Å². The molecule has 136 valence electrons. The number of guanidine groups is 1. The van der Waals surface area contributed by atoms with Crippen LogP contribution in [0, 0.1) is 5.92 Å². The largest absolute Gasteiger partial charge is 0.357 e. The van der Waals surface area contributed by atoms with E-state index >= 15 is 0 Å². The molecule has 0 aliphatic carbocycles. The average Bonchev–Trinajstić information content (AvgIpc) is 3.13. The summed E-state index contributed by atoms with van der Waals surface area (Å²) in [6.07, 6.45) is 5.07. The Morgan fingerprint density at radius 2 is 2.21 bits per heavy atom. The fourth-order valence-electron chi connectivity index (χ4n) is 2.78. The molecule has 1 amide bonds. The number of rotatable bonds is 5. The molecule has 1 aromatic rings. The molecule has 1 aromatic heterocycles. The van der Waals surface area contributed by atoms with Gasteiger partial charge in [-0.05, 0) is 25.0 Å². The van der Waals surface area contributed by atoms with E-state index in [1.54, 1.807) is 0 Å². The van der Waals surface area contributed by atoms with Crippen LogP contribution in [-0.4, -0.2) is 47.0 Å². The number of carbonyl (C=O) groups is 1. The van der Waals surface area contributed by atoms with Gasteiger partial charge in [-0.15, -0.1) is 24.0 Å². The molecule has 7 heteroatoms. The molecule has 0 radical (unpaired) electrons. The van der Waals surface area contributed by atoms with Crippen molar-refractivity contribution in [3.8, 4) is 0 Å². The zero-order chi connectivity index (χ0) is 16.8. The zero-order valence-electron chi connectivity index (χ0n) is 15.1. The van der Waals surface area contributed by atoms with Gasteiger partial charge in [0, 0.05) is 51.0 Å². The summed E-state index contributed by atoms with van der Waals surface area (Å²) >= 11 is 0. The number of aromatic nitrogens is 1. The predicted octanol–water partition coefficient (Wildman–Crippen LogP) is 1.96. The zero-order valence-corrected chi connectivity index (χ0v) is 17.4. The molecule has 1 aliphatic rings. The first kappa shape index (κ1) is 20.8. The number of amides is 1. The molecule has 1 unspecified atom stereocenters. The number of carbonyl (C=O) groups excluding carboxylic acids is 1. The summed E-state index contributed by atoms with van der Waals surface area (Å²) in [5, 5.41) is 6.74. The van der Waals surface area contributed by atoms with E-state index < -0.39 is 0 Å². The monoisotopic (exact) mass is 447 g/mol. The smallest absolute Gasteiger partial charge is 0.225 e. The third kappa shape index (κ3) is 5.99. The number of aryl methyl sites for hydroxylation is 1. The van der Waals surface area contributed by atoms with Gasteiger partial charge in [0.2, 0.25) is 5.91 Å². The second-order valence-corrected chi connectivity index (χ2v) is 6.45. The lowest BCUT2D eigenvalue weighted by Crippen LogP contribution is -2.45. The topological polar surface area (TPSA) is 61.7 Å². The fourth-order valence-corrected chi connectivity index (χ4v) is 2.78. The highest BCUT2D eigenvalue weighted by Gasteiger charge is 2.27. The number of hydrogen-bond donors (Lipinski definition) is 2. The van der Waals surface area contributed by atoms with Crippen LogP contribution in [0.3, 0.4) is 0 Å². The Labute approximate surface area is 162 Å². The van der Waals surface area contributed by atoms with Crippen molar-refractivity contribution < 1.29 is 4.79 Å². The van der Waals surface area contributed by atoms with E-state index in [0.29, 0.717) is 6.54 Å².